The van der Waals surface area contributed by atoms with Gasteiger partial charge in [-0.1, -0.05) is 6.42 Å². The number of carboxylic acids is 1. The molecular weight excluding hydrogens is 313 g/mol. The van der Waals surface area contributed by atoms with E-state index in [4.69, 9.17) is 4.74 Å². The van der Waals surface area contributed by atoms with Crippen molar-refractivity contribution in [1.29, 1.82) is 0 Å². The molecule has 1 amide bonds. The van der Waals surface area contributed by atoms with E-state index in [1.165, 1.54) is 12.1 Å². The van der Waals surface area contributed by atoms with Crippen molar-refractivity contribution in [3.8, 4) is 5.75 Å². The fourth-order valence-corrected chi connectivity index (χ4v) is 3.93. The molecule has 24 heavy (non-hydrogen) atoms. The summed E-state index contributed by atoms with van der Waals surface area (Å²) in [6.07, 6.45) is 3.39. The number of likely N-dealkylation sites (tertiary alicyclic amines) is 1. The zero-order valence-corrected chi connectivity index (χ0v) is 13.5. The molecule has 2 atom stereocenters. The molecule has 3 rings (SSSR count). The van der Waals surface area contributed by atoms with Crippen molar-refractivity contribution >= 4 is 11.9 Å². The van der Waals surface area contributed by atoms with E-state index >= 15 is 0 Å². The summed E-state index contributed by atoms with van der Waals surface area (Å²) in [4.78, 5) is 25.7. The van der Waals surface area contributed by atoms with Gasteiger partial charge in [0.05, 0.1) is 12.0 Å². The van der Waals surface area contributed by atoms with Gasteiger partial charge in [-0.05, 0) is 49.4 Å². The Morgan fingerprint density at radius 2 is 2.08 bits per heavy atom. The fraction of sp³-hybridized carbons (Fsp3) is 0.556. The number of hydrogen-bond donors (Lipinski definition) is 1. The Morgan fingerprint density at radius 3 is 2.75 bits per heavy atom. The van der Waals surface area contributed by atoms with Gasteiger partial charge in [-0.3, -0.25) is 9.59 Å². The Hall–Kier alpha value is -2.11. The molecule has 130 valence electrons. The topological polar surface area (TPSA) is 66.8 Å². The number of aliphatic carboxylic acids is 1. The summed E-state index contributed by atoms with van der Waals surface area (Å²) in [6.45, 7) is 1.27. The molecule has 1 heterocycles. The molecule has 1 aliphatic carbocycles. The van der Waals surface area contributed by atoms with E-state index in [-0.39, 0.29) is 17.6 Å². The second-order valence-electron chi connectivity index (χ2n) is 6.73. The molecule has 1 aromatic carbocycles. The SMILES string of the molecule is O=C(CCCOc1ccc(F)cc1)N1C[C@@H]2CCC[C@@]2(C(=O)O)C1. The zero-order valence-electron chi connectivity index (χ0n) is 13.5. The number of amides is 1. The average molecular weight is 335 g/mol. The molecule has 0 aromatic heterocycles. The highest BCUT2D eigenvalue weighted by Crippen LogP contribution is 2.48. The van der Waals surface area contributed by atoms with Crippen LogP contribution in [0.25, 0.3) is 0 Å². The van der Waals surface area contributed by atoms with Gasteiger partial charge in [0.2, 0.25) is 5.91 Å². The van der Waals surface area contributed by atoms with Gasteiger partial charge in [-0.2, -0.15) is 0 Å². The predicted molar refractivity (Wildman–Crippen MR) is 85.1 cm³/mol. The number of nitrogens with zero attached hydrogens (tertiary/aromatic N) is 1. The average Bonchev–Trinajstić information content (AvgIpc) is 3.11. The number of carbonyl (C=O) groups is 2. The summed E-state index contributed by atoms with van der Waals surface area (Å²) in [6, 6.07) is 5.76. The van der Waals surface area contributed by atoms with Crippen molar-refractivity contribution in [3.05, 3.63) is 30.1 Å². The number of benzene rings is 1. The third-order valence-electron chi connectivity index (χ3n) is 5.27. The predicted octanol–water partition coefficient (Wildman–Crippen LogP) is 2.70. The van der Waals surface area contributed by atoms with Gasteiger partial charge in [0, 0.05) is 19.5 Å². The van der Waals surface area contributed by atoms with Crippen LogP contribution in [0.4, 0.5) is 4.39 Å². The van der Waals surface area contributed by atoms with E-state index in [0.29, 0.717) is 44.7 Å². The van der Waals surface area contributed by atoms with Crippen LogP contribution in [0.1, 0.15) is 32.1 Å². The first-order valence-corrected chi connectivity index (χ1v) is 8.41. The molecule has 6 heteroatoms. The van der Waals surface area contributed by atoms with Crippen molar-refractivity contribution in [2.75, 3.05) is 19.7 Å². The monoisotopic (exact) mass is 335 g/mol. The highest BCUT2D eigenvalue weighted by molar-refractivity contribution is 5.81. The summed E-state index contributed by atoms with van der Waals surface area (Å²) < 4.78 is 18.3. The van der Waals surface area contributed by atoms with Gasteiger partial charge in [0.15, 0.2) is 0 Å². The maximum Gasteiger partial charge on any atom is 0.311 e. The van der Waals surface area contributed by atoms with E-state index in [0.717, 1.165) is 12.8 Å². The van der Waals surface area contributed by atoms with Crippen molar-refractivity contribution in [3.63, 3.8) is 0 Å². The second-order valence-corrected chi connectivity index (χ2v) is 6.73. The van der Waals surface area contributed by atoms with Crippen LogP contribution in [-0.4, -0.2) is 41.6 Å². The Kier molecular flexibility index (Phi) is 4.73. The number of hydrogen-bond acceptors (Lipinski definition) is 3. The van der Waals surface area contributed by atoms with Crippen LogP contribution in [0.3, 0.4) is 0 Å². The maximum atomic E-state index is 12.8. The van der Waals surface area contributed by atoms with E-state index < -0.39 is 11.4 Å². The number of halogens is 1. The van der Waals surface area contributed by atoms with Crippen LogP contribution in [0, 0.1) is 17.2 Å². The molecule has 2 aliphatic rings. The molecule has 0 radical (unpaired) electrons. The number of carboxylic acid groups (broad SMARTS) is 1. The lowest BCUT2D eigenvalue weighted by molar-refractivity contribution is -0.149. The van der Waals surface area contributed by atoms with E-state index in [2.05, 4.69) is 0 Å². The Bertz CT molecular complexity index is 618. The summed E-state index contributed by atoms with van der Waals surface area (Å²) in [5.74, 6) is -0.420. The standard InChI is InChI=1S/C18H22FNO4/c19-14-5-7-15(8-6-14)24-10-2-4-16(21)20-11-13-3-1-9-18(13,12-20)17(22)23/h5-8,13H,1-4,9-12H2,(H,22,23)/t13-,18+/m0/s1. The number of ether oxygens (including phenoxy) is 1. The Balaban J connectivity index is 1.45. The normalized spacial score (nSPS) is 25.5. The quantitative estimate of drug-likeness (QED) is 0.812. The highest BCUT2D eigenvalue weighted by atomic mass is 19.1. The number of rotatable bonds is 6. The first-order valence-electron chi connectivity index (χ1n) is 8.41. The van der Waals surface area contributed by atoms with Crippen LogP contribution >= 0.6 is 0 Å². The lowest BCUT2D eigenvalue weighted by Gasteiger charge is -2.23. The van der Waals surface area contributed by atoms with E-state index in [9.17, 15) is 19.1 Å². The van der Waals surface area contributed by atoms with Gasteiger partial charge >= 0.3 is 5.97 Å². The van der Waals surface area contributed by atoms with Gasteiger partial charge in [0.1, 0.15) is 11.6 Å². The van der Waals surface area contributed by atoms with Crippen LogP contribution in [0.5, 0.6) is 5.75 Å². The Morgan fingerprint density at radius 1 is 1.33 bits per heavy atom. The highest BCUT2D eigenvalue weighted by Gasteiger charge is 2.55. The molecule has 0 unspecified atom stereocenters. The molecule has 5 nitrogen and oxygen atoms in total. The second kappa shape index (κ2) is 6.79. The lowest BCUT2D eigenvalue weighted by Crippen LogP contribution is -2.37. The molecular formula is C18H22FNO4. The van der Waals surface area contributed by atoms with Crippen LogP contribution in [-0.2, 0) is 9.59 Å². The van der Waals surface area contributed by atoms with Crippen molar-refractivity contribution < 1.29 is 23.8 Å². The fourth-order valence-electron chi connectivity index (χ4n) is 3.93. The third kappa shape index (κ3) is 3.23. The van der Waals surface area contributed by atoms with Gasteiger partial charge < -0.3 is 14.7 Å². The molecule has 2 fully saturated rings. The minimum atomic E-state index is -0.764. The third-order valence-corrected chi connectivity index (χ3v) is 5.27. The van der Waals surface area contributed by atoms with Crippen LogP contribution in [0.2, 0.25) is 0 Å². The molecule has 1 aromatic rings. The van der Waals surface area contributed by atoms with E-state index in [1.54, 1.807) is 17.0 Å². The van der Waals surface area contributed by atoms with Crippen LogP contribution in [0.15, 0.2) is 24.3 Å². The minimum Gasteiger partial charge on any atom is -0.494 e. The largest absolute Gasteiger partial charge is 0.494 e. The van der Waals surface area contributed by atoms with Gasteiger partial charge in [-0.25, -0.2) is 4.39 Å². The number of fused-ring (bicyclic) bond motifs is 1. The maximum absolute atomic E-state index is 12.8. The zero-order chi connectivity index (χ0) is 17.2. The van der Waals surface area contributed by atoms with Crippen LogP contribution < -0.4 is 4.74 Å². The van der Waals surface area contributed by atoms with Gasteiger partial charge in [0.25, 0.3) is 0 Å². The van der Waals surface area contributed by atoms with Crippen molar-refractivity contribution in [2.45, 2.75) is 32.1 Å². The molecule has 1 saturated carbocycles. The smallest absolute Gasteiger partial charge is 0.311 e. The first-order chi connectivity index (χ1) is 11.5. The first kappa shape index (κ1) is 16.7. The molecule has 1 saturated heterocycles. The van der Waals surface area contributed by atoms with E-state index in [1.807, 2.05) is 0 Å². The summed E-state index contributed by atoms with van der Waals surface area (Å²) in [7, 11) is 0. The summed E-state index contributed by atoms with van der Waals surface area (Å²) in [5.41, 5.74) is -0.722. The molecule has 1 N–H and O–H groups in total. The molecule has 0 spiro atoms. The number of carbonyl (C=O) groups excluding carboxylic acids is 1. The molecule has 0 bridgehead atoms. The van der Waals surface area contributed by atoms with Gasteiger partial charge in [-0.15, -0.1) is 0 Å². The molecule has 1 aliphatic heterocycles. The summed E-state index contributed by atoms with van der Waals surface area (Å²) in [5, 5.41) is 9.55. The summed E-state index contributed by atoms with van der Waals surface area (Å²) >= 11 is 0. The lowest BCUT2D eigenvalue weighted by atomic mass is 9.81. The van der Waals surface area contributed by atoms with Crippen molar-refractivity contribution in [2.24, 2.45) is 11.3 Å². The van der Waals surface area contributed by atoms with Crippen molar-refractivity contribution in [1.82, 2.24) is 4.90 Å². The Labute approximate surface area is 140 Å². The minimum absolute atomic E-state index is 0.00673.